The number of benzene rings is 3. The highest BCUT2D eigenvalue weighted by molar-refractivity contribution is 6.31. The molecule has 0 atom stereocenters. The standard InChI is InChI=1S/C23H18ClNO2/c24-18-6-3-16-10-19(7-4-15(16)9-18)27-13-23(26)21-12-25-22-11-17(14-1-2-14)5-8-20(21)22/h3-12,14,25H,1-2,13H2. The molecule has 1 aliphatic rings. The molecule has 0 saturated heterocycles. The van der Waals surface area contributed by atoms with Crippen LogP contribution in [0.25, 0.3) is 21.7 Å². The molecule has 134 valence electrons. The lowest BCUT2D eigenvalue weighted by Crippen LogP contribution is -2.11. The highest BCUT2D eigenvalue weighted by Crippen LogP contribution is 2.41. The number of fused-ring (bicyclic) bond motifs is 2. The third-order valence-corrected chi connectivity index (χ3v) is 5.43. The van der Waals surface area contributed by atoms with E-state index in [1.165, 1.54) is 18.4 Å². The number of aromatic amines is 1. The van der Waals surface area contributed by atoms with E-state index >= 15 is 0 Å². The van der Waals surface area contributed by atoms with E-state index in [0.29, 0.717) is 22.3 Å². The molecular formula is C23H18ClNO2. The van der Waals surface area contributed by atoms with Gasteiger partial charge in [-0.05, 0) is 65.4 Å². The maximum atomic E-state index is 12.7. The predicted octanol–water partition coefficient (Wildman–Crippen LogP) is 6.11. The zero-order valence-electron chi connectivity index (χ0n) is 14.7. The van der Waals surface area contributed by atoms with Crippen LogP contribution in [0, 0.1) is 0 Å². The average Bonchev–Trinajstić information content (AvgIpc) is 3.45. The van der Waals surface area contributed by atoms with Gasteiger partial charge in [0.2, 0.25) is 5.78 Å². The summed E-state index contributed by atoms with van der Waals surface area (Å²) in [7, 11) is 0. The fraction of sp³-hybridized carbons (Fsp3) is 0.174. The van der Waals surface area contributed by atoms with Gasteiger partial charge in [0, 0.05) is 27.7 Å². The Labute approximate surface area is 161 Å². The van der Waals surface area contributed by atoms with Crippen molar-refractivity contribution in [3.8, 4) is 5.75 Å². The third kappa shape index (κ3) is 3.19. The first kappa shape index (κ1) is 16.4. The Morgan fingerprint density at radius 3 is 2.70 bits per heavy atom. The van der Waals surface area contributed by atoms with Crippen LogP contribution in [-0.2, 0) is 0 Å². The van der Waals surface area contributed by atoms with Crippen LogP contribution in [-0.4, -0.2) is 17.4 Å². The summed E-state index contributed by atoms with van der Waals surface area (Å²) in [6, 6.07) is 17.8. The largest absolute Gasteiger partial charge is 0.485 e. The number of rotatable bonds is 5. The van der Waals surface area contributed by atoms with Crippen LogP contribution in [0.5, 0.6) is 5.75 Å². The van der Waals surface area contributed by atoms with Crippen molar-refractivity contribution < 1.29 is 9.53 Å². The second-order valence-electron chi connectivity index (χ2n) is 7.15. The molecule has 1 fully saturated rings. The van der Waals surface area contributed by atoms with Gasteiger partial charge in [-0.3, -0.25) is 4.79 Å². The highest BCUT2D eigenvalue weighted by Gasteiger charge is 2.24. The summed E-state index contributed by atoms with van der Waals surface area (Å²) >= 11 is 6.02. The molecule has 4 heteroatoms. The van der Waals surface area contributed by atoms with Crippen molar-refractivity contribution in [2.75, 3.05) is 6.61 Å². The smallest absolute Gasteiger partial charge is 0.202 e. The van der Waals surface area contributed by atoms with Crippen molar-refractivity contribution in [3.05, 3.63) is 76.9 Å². The maximum absolute atomic E-state index is 12.7. The molecule has 4 aromatic rings. The molecule has 1 aromatic heterocycles. The van der Waals surface area contributed by atoms with Crippen molar-refractivity contribution in [2.45, 2.75) is 18.8 Å². The van der Waals surface area contributed by atoms with Crippen LogP contribution in [0.4, 0.5) is 0 Å². The number of halogens is 1. The van der Waals surface area contributed by atoms with Crippen LogP contribution in [0.3, 0.4) is 0 Å². The van der Waals surface area contributed by atoms with E-state index in [2.05, 4.69) is 17.1 Å². The lowest BCUT2D eigenvalue weighted by molar-refractivity contribution is 0.0923. The van der Waals surface area contributed by atoms with Gasteiger partial charge in [-0.15, -0.1) is 0 Å². The van der Waals surface area contributed by atoms with Crippen LogP contribution in [0.1, 0.15) is 34.7 Å². The Hall–Kier alpha value is -2.78. The minimum Gasteiger partial charge on any atom is -0.485 e. The van der Waals surface area contributed by atoms with Gasteiger partial charge in [0.05, 0.1) is 0 Å². The second-order valence-corrected chi connectivity index (χ2v) is 7.58. The molecule has 0 unspecified atom stereocenters. The first-order chi connectivity index (χ1) is 13.2. The van der Waals surface area contributed by atoms with Gasteiger partial charge < -0.3 is 9.72 Å². The summed E-state index contributed by atoms with van der Waals surface area (Å²) in [4.78, 5) is 15.9. The van der Waals surface area contributed by atoms with Gasteiger partial charge in [0.1, 0.15) is 5.75 Å². The van der Waals surface area contributed by atoms with E-state index in [1.807, 2.05) is 42.5 Å². The summed E-state index contributed by atoms with van der Waals surface area (Å²) in [5, 5.41) is 3.74. The lowest BCUT2D eigenvalue weighted by atomic mass is 10.1. The van der Waals surface area contributed by atoms with Crippen LogP contribution in [0.15, 0.2) is 60.8 Å². The van der Waals surface area contributed by atoms with Crippen LogP contribution < -0.4 is 4.74 Å². The van der Waals surface area contributed by atoms with Gasteiger partial charge in [0.15, 0.2) is 6.61 Å². The molecule has 27 heavy (non-hydrogen) atoms. The second kappa shape index (κ2) is 6.43. The third-order valence-electron chi connectivity index (χ3n) is 5.20. The number of Topliss-reactive ketones (excluding diaryl/α,β-unsaturated/α-hetero) is 1. The Bertz CT molecular complexity index is 1170. The van der Waals surface area contributed by atoms with Crippen molar-refractivity contribution in [2.24, 2.45) is 0 Å². The topological polar surface area (TPSA) is 42.1 Å². The molecule has 1 aliphatic carbocycles. The first-order valence-electron chi connectivity index (χ1n) is 9.14. The van der Waals surface area contributed by atoms with Crippen molar-refractivity contribution in [3.63, 3.8) is 0 Å². The summed E-state index contributed by atoms with van der Waals surface area (Å²) in [6.45, 7) is 0.0103. The van der Waals surface area contributed by atoms with E-state index in [4.69, 9.17) is 16.3 Å². The zero-order valence-corrected chi connectivity index (χ0v) is 15.4. The average molecular weight is 376 g/mol. The van der Waals surface area contributed by atoms with Crippen LogP contribution >= 0.6 is 11.6 Å². The van der Waals surface area contributed by atoms with Gasteiger partial charge >= 0.3 is 0 Å². The minimum absolute atomic E-state index is 0.0103. The Morgan fingerprint density at radius 1 is 1.04 bits per heavy atom. The molecule has 1 saturated carbocycles. The van der Waals surface area contributed by atoms with Gasteiger partial charge in [-0.1, -0.05) is 35.9 Å². The molecule has 3 nitrogen and oxygen atoms in total. The monoisotopic (exact) mass is 375 g/mol. The maximum Gasteiger partial charge on any atom is 0.202 e. The normalized spacial score (nSPS) is 14.0. The number of hydrogen-bond donors (Lipinski definition) is 1. The number of H-pyrrole nitrogens is 1. The van der Waals surface area contributed by atoms with E-state index in [9.17, 15) is 4.79 Å². The minimum atomic E-state index is -0.0309. The number of ketones is 1. The number of carbonyl (C=O) groups excluding carboxylic acids is 1. The number of aromatic nitrogens is 1. The van der Waals surface area contributed by atoms with Crippen molar-refractivity contribution in [1.82, 2.24) is 4.98 Å². The van der Waals surface area contributed by atoms with Gasteiger partial charge in [-0.25, -0.2) is 0 Å². The van der Waals surface area contributed by atoms with E-state index in [1.54, 1.807) is 6.20 Å². The van der Waals surface area contributed by atoms with Crippen molar-refractivity contribution in [1.29, 1.82) is 0 Å². The SMILES string of the molecule is O=C(COc1ccc2cc(Cl)ccc2c1)c1c[nH]c2cc(C3CC3)ccc12. The summed E-state index contributed by atoms with van der Waals surface area (Å²) in [5.41, 5.74) is 3.06. The molecule has 1 N–H and O–H groups in total. The Kier molecular flexibility index (Phi) is 3.91. The molecular weight excluding hydrogens is 358 g/mol. The summed E-state index contributed by atoms with van der Waals surface area (Å²) in [5.74, 6) is 1.34. The molecule has 3 aromatic carbocycles. The number of ether oxygens (including phenoxy) is 1. The summed E-state index contributed by atoms with van der Waals surface area (Å²) in [6.07, 6.45) is 4.32. The summed E-state index contributed by atoms with van der Waals surface area (Å²) < 4.78 is 5.75. The number of nitrogens with one attached hydrogen (secondary N) is 1. The number of carbonyl (C=O) groups is 1. The van der Waals surface area contributed by atoms with Gasteiger partial charge in [-0.2, -0.15) is 0 Å². The first-order valence-corrected chi connectivity index (χ1v) is 9.51. The highest BCUT2D eigenvalue weighted by atomic mass is 35.5. The fourth-order valence-corrected chi connectivity index (χ4v) is 3.74. The molecule has 0 aliphatic heterocycles. The predicted molar refractivity (Wildman–Crippen MR) is 109 cm³/mol. The lowest BCUT2D eigenvalue weighted by Gasteiger charge is -2.07. The van der Waals surface area contributed by atoms with E-state index in [-0.39, 0.29) is 12.4 Å². The molecule has 0 amide bonds. The van der Waals surface area contributed by atoms with E-state index < -0.39 is 0 Å². The molecule has 1 heterocycles. The Balaban J connectivity index is 1.34. The quantitative estimate of drug-likeness (QED) is 0.427. The van der Waals surface area contributed by atoms with Crippen molar-refractivity contribution >= 4 is 39.1 Å². The molecule has 0 radical (unpaired) electrons. The van der Waals surface area contributed by atoms with E-state index in [0.717, 1.165) is 21.7 Å². The molecule has 5 rings (SSSR count). The molecule has 0 bridgehead atoms. The molecule has 0 spiro atoms. The fourth-order valence-electron chi connectivity index (χ4n) is 3.56. The zero-order chi connectivity index (χ0) is 18.4. The van der Waals surface area contributed by atoms with Crippen LogP contribution in [0.2, 0.25) is 5.02 Å². The number of hydrogen-bond acceptors (Lipinski definition) is 2. The Morgan fingerprint density at radius 2 is 1.85 bits per heavy atom. The van der Waals surface area contributed by atoms with Gasteiger partial charge in [0.25, 0.3) is 0 Å².